The summed E-state index contributed by atoms with van der Waals surface area (Å²) in [6.07, 6.45) is -0.701. The topological polar surface area (TPSA) is 53.7 Å². The second kappa shape index (κ2) is 7.01. The summed E-state index contributed by atoms with van der Waals surface area (Å²) in [7, 11) is 0. The van der Waals surface area contributed by atoms with Crippen molar-refractivity contribution in [2.24, 2.45) is 0 Å². The van der Waals surface area contributed by atoms with E-state index in [1.165, 1.54) is 0 Å². The van der Waals surface area contributed by atoms with Gasteiger partial charge in [-0.3, -0.25) is 4.79 Å². The van der Waals surface area contributed by atoms with E-state index in [4.69, 9.17) is 4.42 Å². The Morgan fingerprint density at radius 3 is 2.22 bits per heavy atom. The van der Waals surface area contributed by atoms with Crippen LogP contribution in [0.15, 0.2) is 28.7 Å². The minimum atomic E-state index is -0.701. The Kier molecular flexibility index (Phi) is 5.26. The average Bonchev–Trinajstić information content (AvgIpc) is 2.77. The highest BCUT2D eigenvalue weighted by Crippen LogP contribution is 2.23. The van der Waals surface area contributed by atoms with Crippen molar-refractivity contribution in [2.45, 2.75) is 40.7 Å². The molecule has 124 valence electrons. The summed E-state index contributed by atoms with van der Waals surface area (Å²) < 4.78 is 5.55. The van der Waals surface area contributed by atoms with Crippen LogP contribution in [0.4, 0.5) is 0 Å². The zero-order valence-electron chi connectivity index (χ0n) is 14.5. The van der Waals surface area contributed by atoms with Gasteiger partial charge in [0, 0.05) is 12.1 Å². The number of likely N-dealkylation sites (N-methyl/N-ethyl adjacent to an activating group) is 1. The van der Waals surface area contributed by atoms with Gasteiger partial charge in [0.1, 0.15) is 11.5 Å². The molecular weight excluding hydrogens is 290 g/mol. The highest BCUT2D eigenvalue weighted by Gasteiger charge is 2.24. The molecule has 0 saturated heterocycles. The van der Waals surface area contributed by atoms with Crippen molar-refractivity contribution in [3.8, 4) is 0 Å². The third kappa shape index (κ3) is 3.64. The van der Waals surface area contributed by atoms with Crippen LogP contribution >= 0.6 is 0 Å². The predicted octanol–water partition coefficient (Wildman–Crippen LogP) is 3.71. The average molecular weight is 315 g/mol. The van der Waals surface area contributed by atoms with Gasteiger partial charge in [-0.25, -0.2) is 0 Å². The normalized spacial score (nSPS) is 12.3. The van der Waals surface area contributed by atoms with E-state index in [1.54, 1.807) is 11.8 Å². The van der Waals surface area contributed by atoms with Gasteiger partial charge < -0.3 is 14.4 Å². The molecular formula is C19H25NO3. The highest BCUT2D eigenvalue weighted by molar-refractivity contribution is 5.96. The molecule has 0 aliphatic rings. The molecule has 4 nitrogen and oxygen atoms in total. The van der Waals surface area contributed by atoms with Crippen molar-refractivity contribution >= 4 is 5.91 Å². The quantitative estimate of drug-likeness (QED) is 0.915. The molecule has 23 heavy (non-hydrogen) atoms. The Balaban J connectivity index is 2.19. The van der Waals surface area contributed by atoms with Gasteiger partial charge in [0.05, 0.1) is 18.2 Å². The number of carbonyl (C=O) groups excluding carboxylic acids is 1. The molecule has 1 heterocycles. The van der Waals surface area contributed by atoms with Crippen molar-refractivity contribution < 1.29 is 14.3 Å². The molecule has 0 spiro atoms. The summed E-state index contributed by atoms with van der Waals surface area (Å²) in [4.78, 5) is 14.5. The SMILES string of the molecule is CCN(C[C@H](O)c1ccc(C)cc1)C(=O)c1c(C)oc(C)c1C. The fraction of sp³-hybridized carbons (Fsp3) is 0.421. The van der Waals surface area contributed by atoms with Crippen LogP contribution in [0.5, 0.6) is 0 Å². The summed E-state index contributed by atoms with van der Waals surface area (Å²) in [5.74, 6) is 1.31. The van der Waals surface area contributed by atoms with Crippen LogP contribution in [-0.2, 0) is 0 Å². The number of benzene rings is 1. The van der Waals surface area contributed by atoms with Gasteiger partial charge in [0.15, 0.2) is 0 Å². The molecule has 0 radical (unpaired) electrons. The van der Waals surface area contributed by atoms with E-state index >= 15 is 0 Å². The van der Waals surface area contributed by atoms with Crippen molar-refractivity contribution in [3.05, 3.63) is 58.0 Å². The number of furan rings is 1. The van der Waals surface area contributed by atoms with Gasteiger partial charge >= 0.3 is 0 Å². The van der Waals surface area contributed by atoms with E-state index in [2.05, 4.69) is 0 Å². The standard InChI is InChI=1S/C19H25NO3/c1-6-20(11-17(21)16-9-7-12(2)8-10-16)19(22)18-13(3)14(4)23-15(18)5/h7-10,17,21H,6,11H2,1-5H3/t17-/m0/s1. The molecule has 1 aromatic heterocycles. The molecule has 0 aliphatic carbocycles. The van der Waals surface area contributed by atoms with Crippen LogP contribution in [0.2, 0.25) is 0 Å². The van der Waals surface area contributed by atoms with E-state index in [9.17, 15) is 9.90 Å². The summed E-state index contributed by atoms with van der Waals surface area (Å²) in [6, 6.07) is 7.72. The smallest absolute Gasteiger partial charge is 0.257 e. The van der Waals surface area contributed by atoms with Gasteiger partial charge in [-0.05, 0) is 40.2 Å². The number of aliphatic hydroxyl groups excluding tert-OH is 1. The lowest BCUT2D eigenvalue weighted by Crippen LogP contribution is -2.35. The molecule has 0 bridgehead atoms. The molecule has 1 atom stereocenters. The summed E-state index contributed by atoms with van der Waals surface area (Å²) in [6.45, 7) is 10.3. The van der Waals surface area contributed by atoms with Gasteiger partial charge in [-0.1, -0.05) is 29.8 Å². The van der Waals surface area contributed by atoms with Gasteiger partial charge in [0.2, 0.25) is 0 Å². The van der Waals surface area contributed by atoms with Crippen LogP contribution in [0.3, 0.4) is 0 Å². The Bertz CT molecular complexity index is 685. The maximum Gasteiger partial charge on any atom is 0.257 e. The Morgan fingerprint density at radius 1 is 1.13 bits per heavy atom. The molecule has 0 saturated carbocycles. The van der Waals surface area contributed by atoms with Crippen molar-refractivity contribution in [3.63, 3.8) is 0 Å². The molecule has 0 fully saturated rings. The van der Waals surface area contributed by atoms with Gasteiger partial charge in [-0.2, -0.15) is 0 Å². The number of amides is 1. The Morgan fingerprint density at radius 2 is 1.74 bits per heavy atom. The molecule has 0 aliphatic heterocycles. The van der Waals surface area contributed by atoms with Crippen molar-refractivity contribution in [2.75, 3.05) is 13.1 Å². The molecule has 1 amide bonds. The maximum atomic E-state index is 12.8. The lowest BCUT2D eigenvalue weighted by molar-refractivity contribution is 0.0632. The van der Waals surface area contributed by atoms with Crippen LogP contribution in [0.1, 0.15) is 51.6 Å². The lowest BCUT2D eigenvalue weighted by atomic mass is 10.1. The van der Waals surface area contributed by atoms with Gasteiger partial charge in [-0.15, -0.1) is 0 Å². The molecule has 0 unspecified atom stereocenters. The number of nitrogens with zero attached hydrogens (tertiary/aromatic N) is 1. The zero-order valence-corrected chi connectivity index (χ0v) is 14.5. The van der Waals surface area contributed by atoms with E-state index in [0.717, 1.165) is 22.5 Å². The number of aliphatic hydroxyl groups is 1. The highest BCUT2D eigenvalue weighted by atomic mass is 16.3. The first kappa shape index (κ1) is 17.3. The lowest BCUT2D eigenvalue weighted by Gasteiger charge is -2.24. The zero-order chi connectivity index (χ0) is 17.1. The second-order valence-corrected chi connectivity index (χ2v) is 5.98. The molecule has 1 aromatic carbocycles. The predicted molar refractivity (Wildman–Crippen MR) is 90.6 cm³/mol. The first-order valence-corrected chi connectivity index (χ1v) is 7.95. The number of hydrogen-bond donors (Lipinski definition) is 1. The van der Waals surface area contributed by atoms with E-state index in [0.29, 0.717) is 17.9 Å². The molecule has 2 rings (SSSR count). The second-order valence-electron chi connectivity index (χ2n) is 5.98. The first-order chi connectivity index (χ1) is 10.8. The third-order valence-electron chi connectivity index (χ3n) is 4.30. The van der Waals surface area contributed by atoms with Crippen LogP contribution in [-0.4, -0.2) is 29.0 Å². The Hall–Kier alpha value is -2.07. The minimum absolute atomic E-state index is 0.0921. The molecule has 2 aromatic rings. The maximum absolute atomic E-state index is 12.8. The van der Waals surface area contributed by atoms with E-state index in [-0.39, 0.29) is 12.5 Å². The van der Waals surface area contributed by atoms with E-state index < -0.39 is 6.10 Å². The molecule has 4 heteroatoms. The fourth-order valence-electron chi connectivity index (χ4n) is 2.72. The number of hydrogen-bond acceptors (Lipinski definition) is 3. The summed E-state index contributed by atoms with van der Waals surface area (Å²) >= 11 is 0. The fourth-order valence-corrected chi connectivity index (χ4v) is 2.72. The van der Waals surface area contributed by atoms with Crippen LogP contribution < -0.4 is 0 Å². The number of carbonyl (C=O) groups is 1. The molecule has 1 N–H and O–H groups in total. The summed E-state index contributed by atoms with van der Waals surface area (Å²) in [5.41, 5.74) is 3.44. The monoisotopic (exact) mass is 315 g/mol. The van der Waals surface area contributed by atoms with Gasteiger partial charge in [0.25, 0.3) is 5.91 Å². The van der Waals surface area contributed by atoms with Crippen LogP contribution in [0, 0.1) is 27.7 Å². The Labute approximate surface area is 137 Å². The van der Waals surface area contributed by atoms with Crippen molar-refractivity contribution in [1.82, 2.24) is 4.90 Å². The largest absolute Gasteiger partial charge is 0.466 e. The van der Waals surface area contributed by atoms with Crippen LogP contribution in [0.25, 0.3) is 0 Å². The minimum Gasteiger partial charge on any atom is -0.466 e. The third-order valence-corrected chi connectivity index (χ3v) is 4.30. The van der Waals surface area contributed by atoms with E-state index in [1.807, 2.05) is 52.0 Å². The number of aryl methyl sites for hydroxylation is 3. The van der Waals surface area contributed by atoms with Crippen molar-refractivity contribution in [1.29, 1.82) is 0 Å². The first-order valence-electron chi connectivity index (χ1n) is 7.95. The number of rotatable bonds is 5. The summed E-state index contributed by atoms with van der Waals surface area (Å²) in [5, 5.41) is 10.4.